The van der Waals surface area contributed by atoms with E-state index in [0.717, 1.165) is 0 Å². The van der Waals surface area contributed by atoms with Crippen LogP contribution in [0.25, 0.3) is 0 Å². The van der Waals surface area contributed by atoms with Gasteiger partial charge in [-0.2, -0.15) is 0 Å². The monoisotopic (exact) mass is 306 g/mol. The Morgan fingerprint density at radius 2 is 1.95 bits per heavy atom. The SMILES string of the molecule is CC(C)(N)CNC(=O)CCOc1ccc(Cl)cc1.Cl. The zero-order valence-corrected chi connectivity index (χ0v) is 12.7. The molecular weight excluding hydrogens is 287 g/mol. The van der Waals surface area contributed by atoms with Crippen molar-refractivity contribution in [1.29, 1.82) is 0 Å². The predicted octanol–water partition coefficient (Wildman–Crippen LogP) is 2.38. The molecule has 0 aliphatic rings. The van der Waals surface area contributed by atoms with Crippen molar-refractivity contribution in [3.8, 4) is 5.75 Å². The van der Waals surface area contributed by atoms with Crippen molar-refractivity contribution in [2.45, 2.75) is 25.8 Å². The van der Waals surface area contributed by atoms with Gasteiger partial charge in [-0.3, -0.25) is 4.79 Å². The minimum absolute atomic E-state index is 0. The standard InChI is InChI=1S/C13H19ClN2O2.ClH/c1-13(2,15)9-16-12(17)7-8-18-11-5-3-10(14)4-6-11;/h3-6H,7-9,15H2,1-2H3,(H,16,17);1H. The van der Waals surface area contributed by atoms with E-state index in [-0.39, 0.29) is 18.3 Å². The Balaban J connectivity index is 0.00000324. The van der Waals surface area contributed by atoms with Crippen LogP contribution in [-0.2, 0) is 4.79 Å². The van der Waals surface area contributed by atoms with E-state index in [4.69, 9.17) is 22.1 Å². The molecule has 6 heteroatoms. The summed E-state index contributed by atoms with van der Waals surface area (Å²) in [6, 6.07) is 7.02. The van der Waals surface area contributed by atoms with Gasteiger partial charge in [0.05, 0.1) is 13.0 Å². The van der Waals surface area contributed by atoms with Crippen LogP contribution in [0.4, 0.5) is 0 Å². The average molecular weight is 307 g/mol. The lowest BCUT2D eigenvalue weighted by molar-refractivity contribution is -0.121. The van der Waals surface area contributed by atoms with Crippen LogP contribution in [0.1, 0.15) is 20.3 Å². The van der Waals surface area contributed by atoms with Crippen LogP contribution in [-0.4, -0.2) is 24.6 Å². The second-order valence-electron chi connectivity index (χ2n) is 4.82. The van der Waals surface area contributed by atoms with Gasteiger partial charge in [-0.05, 0) is 38.1 Å². The van der Waals surface area contributed by atoms with Crippen LogP contribution in [0.5, 0.6) is 5.75 Å². The highest BCUT2D eigenvalue weighted by molar-refractivity contribution is 6.30. The lowest BCUT2D eigenvalue weighted by Gasteiger charge is -2.18. The Bertz CT molecular complexity index is 389. The van der Waals surface area contributed by atoms with E-state index in [1.54, 1.807) is 24.3 Å². The van der Waals surface area contributed by atoms with E-state index in [0.29, 0.717) is 30.3 Å². The van der Waals surface area contributed by atoms with Gasteiger partial charge >= 0.3 is 0 Å². The Hall–Kier alpha value is -0.970. The second-order valence-corrected chi connectivity index (χ2v) is 5.25. The molecule has 0 bridgehead atoms. The van der Waals surface area contributed by atoms with Gasteiger partial charge in [0.15, 0.2) is 0 Å². The number of rotatable bonds is 6. The third-order valence-electron chi connectivity index (χ3n) is 2.15. The number of carbonyl (C=O) groups excluding carboxylic acids is 1. The maximum atomic E-state index is 11.5. The van der Waals surface area contributed by atoms with Crippen LogP contribution in [0.3, 0.4) is 0 Å². The summed E-state index contributed by atoms with van der Waals surface area (Å²) in [4.78, 5) is 11.5. The highest BCUT2D eigenvalue weighted by Gasteiger charge is 2.11. The molecule has 0 radical (unpaired) electrons. The minimum atomic E-state index is -0.396. The molecule has 108 valence electrons. The first-order valence-corrected chi connectivity index (χ1v) is 6.18. The van der Waals surface area contributed by atoms with Crippen LogP contribution < -0.4 is 15.8 Å². The van der Waals surface area contributed by atoms with E-state index >= 15 is 0 Å². The van der Waals surface area contributed by atoms with Gasteiger partial charge in [-0.1, -0.05) is 11.6 Å². The molecule has 19 heavy (non-hydrogen) atoms. The molecule has 4 nitrogen and oxygen atoms in total. The van der Waals surface area contributed by atoms with Crippen LogP contribution in [0.15, 0.2) is 24.3 Å². The number of benzene rings is 1. The van der Waals surface area contributed by atoms with Gasteiger partial charge in [0.1, 0.15) is 5.75 Å². The number of hydrogen-bond acceptors (Lipinski definition) is 3. The number of nitrogens with one attached hydrogen (secondary N) is 1. The van der Waals surface area contributed by atoms with Crippen molar-refractivity contribution in [2.75, 3.05) is 13.2 Å². The summed E-state index contributed by atoms with van der Waals surface area (Å²) in [5.74, 6) is 0.633. The lowest BCUT2D eigenvalue weighted by atomic mass is 10.1. The summed E-state index contributed by atoms with van der Waals surface area (Å²) < 4.78 is 5.41. The molecule has 0 atom stereocenters. The van der Waals surface area contributed by atoms with Gasteiger partial charge in [0.2, 0.25) is 5.91 Å². The third-order valence-corrected chi connectivity index (χ3v) is 2.40. The molecule has 0 unspecified atom stereocenters. The molecule has 1 rings (SSSR count). The van der Waals surface area contributed by atoms with Crippen LogP contribution in [0.2, 0.25) is 5.02 Å². The largest absolute Gasteiger partial charge is 0.493 e. The zero-order chi connectivity index (χ0) is 13.6. The van der Waals surface area contributed by atoms with Gasteiger partial charge in [-0.15, -0.1) is 12.4 Å². The molecule has 1 aromatic carbocycles. The van der Waals surface area contributed by atoms with Gasteiger partial charge in [-0.25, -0.2) is 0 Å². The zero-order valence-electron chi connectivity index (χ0n) is 11.1. The van der Waals surface area contributed by atoms with Gasteiger partial charge < -0.3 is 15.8 Å². The van der Waals surface area contributed by atoms with Crippen molar-refractivity contribution in [3.05, 3.63) is 29.3 Å². The van der Waals surface area contributed by atoms with E-state index < -0.39 is 5.54 Å². The highest BCUT2D eigenvalue weighted by Crippen LogP contribution is 2.15. The fourth-order valence-electron chi connectivity index (χ4n) is 1.21. The predicted molar refractivity (Wildman–Crippen MR) is 80.1 cm³/mol. The molecule has 0 aliphatic heterocycles. The second kappa shape index (κ2) is 8.25. The van der Waals surface area contributed by atoms with Crippen LogP contribution >= 0.6 is 24.0 Å². The number of ether oxygens (including phenoxy) is 1. The number of hydrogen-bond donors (Lipinski definition) is 2. The summed E-state index contributed by atoms with van der Waals surface area (Å²) >= 11 is 5.75. The molecule has 1 aromatic rings. The first kappa shape index (κ1) is 18.0. The van der Waals surface area contributed by atoms with E-state index in [9.17, 15) is 4.79 Å². The Kier molecular flexibility index (Phi) is 7.83. The van der Waals surface area contributed by atoms with Gasteiger partial charge in [0.25, 0.3) is 0 Å². The minimum Gasteiger partial charge on any atom is -0.493 e. The number of nitrogens with two attached hydrogens (primary N) is 1. The first-order chi connectivity index (χ1) is 8.37. The van der Waals surface area contributed by atoms with Gasteiger partial charge in [0, 0.05) is 17.1 Å². The Morgan fingerprint density at radius 1 is 1.37 bits per heavy atom. The highest BCUT2D eigenvalue weighted by atomic mass is 35.5. The lowest BCUT2D eigenvalue weighted by Crippen LogP contribution is -2.45. The molecule has 3 N–H and O–H groups in total. The quantitative estimate of drug-likeness (QED) is 0.848. The molecule has 0 aliphatic carbocycles. The molecule has 0 aromatic heterocycles. The van der Waals surface area contributed by atoms with Crippen molar-refractivity contribution in [3.63, 3.8) is 0 Å². The third kappa shape index (κ3) is 8.70. The number of amides is 1. The summed E-state index contributed by atoms with van der Waals surface area (Å²) in [5, 5.41) is 3.41. The molecule has 0 fully saturated rings. The van der Waals surface area contributed by atoms with Crippen LogP contribution in [0, 0.1) is 0 Å². The smallest absolute Gasteiger partial charge is 0.223 e. The summed E-state index contributed by atoms with van der Waals surface area (Å²) in [5.41, 5.74) is 5.36. The normalized spacial score (nSPS) is 10.5. The fraction of sp³-hybridized carbons (Fsp3) is 0.462. The Morgan fingerprint density at radius 3 is 2.47 bits per heavy atom. The van der Waals surface area contributed by atoms with E-state index in [1.807, 2.05) is 13.8 Å². The molecule has 0 heterocycles. The average Bonchev–Trinajstić information content (AvgIpc) is 2.28. The topological polar surface area (TPSA) is 64.3 Å². The molecule has 1 amide bonds. The summed E-state index contributed by atoms with van der Waals surface area (Å²) in [6.07, 6.45) is 0.304. The molecule has 0 saturated carbocycles. The molecule has 0 saturated heterocycles. The van der Waals surface area contributed by atoms with E-state index in [2.05, 4.69) is 5.32 Å². The van der Waals surface area contributed by atoms with Crippen molar-refractivity contribution >= 4 is 29.9 Å². The maximum Gasteiger partial charge on any atom is 0.223 e. The maximum absolute atomic E-state index is 11.5. The molecule has 0 spiro atoms. The van der Waals surface area contributed by atoms with E-state index in [1.165, 1.54) is 0 Å². The summed E-state index contributed by atoms with van der Waals surface area (Å²) in [7, 11) is 0. The number of carbonyl (C=O) groups is 1. The Labute approximate surface area is 125 Å². The van der Waals surface area contributed by atoms with Crippen molar-refractivity contribution in [2.24, 2.45) is 5.73 Å². The number of halogens is 2. The summed E-state index contributed by atoms with van der Waals surface area (Å²) in [6.45, 7) is 4.50. The molecular formula is C13H20Cl2N2O2. The fourth-order valence-corrected chi connectivity index (χ4v) is 1.33. The first-order valence-electron chi connectivity index (χ1n) is 5.81. The van der Waals surface area contributed by atoms with Crippen molar-refractivity contribution < 1.29 is 9.53 Å². The van der Waals surface area contributed by atoms with Crippen molar-refractivity contribution in [1.82, 2.24) is 5.32 Å².